The number of aliphatic carboxylic acids is 1. The van der Waals surface area contributed by atoms with Crippen molar-refractivity contribution in [2.75, 3.05) is 0 Å². The van der Waals surface area contributed by atoms with E-state index in [-0.39, 0.29) is 15.5 Å². The Kier molecular flexibility index (Phi) is 4.62. The van der Waals surface area contributed by atoms with Crippen LogP contribution in [0.15, 0.2) is 59.5 Å². The molecule has 0 aliphatic heterocycles. The predicted octanol–water partition coefficient (Wildman–Crippen LogP) is 2.44. The number of carboxylic acids is 1. The van der Waals surface area contributed by atoms with Gasteiger partial charge < -0.3 is 5.11 Å². The Labute approximate surface area is 127 Å². The van der Waals surface area contributed by atoms with Crippen LogP contribution in [-0.2, 0) is 14.8 Å². The molecule has 1 atom stereocenters. The fourth-order valence-electron chi connectivity index (χ4n) is 1.78. The van der Waals surface area contributed by atoms with E-state index >= 15 is 0 Å². The van der Waals surface area contributed by atoms with Crippen molar-refractivity contribution >= 4 is 27.6 Å². The number of hydrogen-bond donors (Lipinski definition) is 2. The number of nitrogens with one attached hydrogen (secondary N) is 1. The lowest BCUT2D eigenvalue weighted by atomic mass is 10.1. The smallest absolute Gasteiger partial charge is 0.326 e. The van der Waals surface area contributed by atoms with Gasteiger partial charge in [0.05, 0.1) is 4.90 Å². The van der Waals surface area contributed by atoms with E-state index < -0.39 is 22.0 Å². The lowest BCUT2D eigenvalue weighted by Crippen LogP contribution is -2.33. The molecular formula is C14H12ClNO4S. The molecule has 0 heterocycles. The molecule has 0 unspecified atom stereocenters. The zero-order valence-corrected chi connectivity index (χ0v) is 12.3. The van der Waals surface area contributed by atoms with Crippen LogP contribution < -0.4 is 4.72 Å². The summed E-state index contributed by atoms with van der Waals surface area (Å²) in [5, 5.41) is 9.46. The number of hydrogen-bond acceptors (Lipinski definition) is 3. The quantitative estimate of drug-likeness (QED) is 0.884. The van der Waals surface area contributed by atoms with Gasteiger partial charge in [0.25, 0.3) is 0 Å². The molecule has 0 bridgehead atoms. The van der Waals surface area contributed by atoms with Crippen molar-refractivity contribution in [1.82, 2.24) is 4.72 Å². The van der Waals surface area contributed by atoms with Crippen LogP contribution >= 0.6 is 11.6 Å². The molecule has 0 radical (unpaired) electrons. The first-order valence-electron chi connectivity index (χ1n) is 5.96. The molecule has 2 aromatic rings. The Hall–Kier alpha value is -1.89. The van der Waals surface area contributed by atoms with Crippen molar-refractivity contribution in [2.45, 2.75) is 10.9 Å². The van der Waals surface area contributed by atoms with Crippen molar-refractivity contribution < 1.29 is 18.3 Å². The van der Waals surface area contributed by atoms with Gasteiger partial charge >= 0.3 is 5.97 Å². The van der Waals surface area contributed by atoms with Crippen LogP contribution in [0.1, 0.15) is 11.6 Å². The van der Waals surface area contributed by atoms with E-state index in [1.807, 2.05) is 0 Å². The van der Waals surface area contributed by atoms with Crippen molar-refractivity contribution in [1.29, 1.82) is 0 Å². The number of carboxylic acid groups (broad SMARTS) is 1. The standard InChI is InChI=1S/C14H12ClNO4S/c15-12-9-5-4-8-11(12)13(14(17)18)16-21(19,20)10-6-2-1-3-7-10/h1-9,13,16H,(H,17,18)/t13-/m1/s1. The van der Waals surface area contributed by atoms with E-state index in [0.29, 0.717) is 0 Å². The van der Waals surface area contributed by atoms with E-state index in [2.05, 4.69) is 4.72 Å². The zero-order chi connectivity index (χ0) is 15.5. The monoisotopic (exact) mass is 325 g/mol. The average Bonchev–Trinajstić information content (AvgIpc) is 2.46. The van der Waals surface area contributed by atoms with Gasteiger partial charge in [0.15, 0.2) is 0 Å². The van der Waals surface area contributed by atoms with Gasteiger partial charge in [-0.05, 0) is 23.8 Å². The minimum atomic E-state index is -3.96. The van der Waals surface area contributed by atoms with Gasteiger partial charge in [0.1, 0.15) is 6.04 Å². The Bertz CT molecular complexity index is 747. The summed E-state index contributed by atoms with van der Waals surface area (Å²) in [4.78, 5) is 11.4. The van der Waals surface area contributed by atoms with E-state index in [9.17, 15) is 18.3 Å². The third-order valence-corrected chi connectivity index (χ3v) is 4.57. The lowest BCUT2D eigenvalue weighted by molar-refractivity contribution is -0.139. The molecule has 7 heteroatoms. The number of benzene rings is 2. The first-order chi connectivity index (χ1) is 9.92. The summed E-state index contributed by atoms with van der Waals surface area (Å²) in [6.07, 6.45) is 0. The van der Waals surface area contributed by atoms with Crippen LogP contribution in [0.3, 0.4) is 0 Å². The predicted molar refractivity (Wildman–Crippen MR) is 78.6 cm³/mol. The van der Waals surface area contributed by atoms with Gasteiger partial charge in [-0.25, -0.2) is 8.42 Å². The first-order valence-corrected chi connectivity index (χ1v) is 7.82. The third kappa shape index (κ3) is 3.60. The first kappa shape index (κ1) is 15.5. The summed E-state index contributed by atoms with van der Waals surface area (Å²) in [6, 6.07) is 12.3. The molecular weight excluding hydrogens is 314 g/mol. The second-order valence-corrected chi connectivity index (χ2v) is 6.35. The Morgan fingerprint density at radius 2 is 1.62 bits per heavy atom. The van der Waals surface area contributed by atoms with Gasteiger partial charge in [-0.2, -0.15) is 4.72 Å². The van der Waals surface area contributed by atoms with Gasteiger partial charge in [0.2, 0.25) is 10.0 Å². The highest BCUT2D eigenvalue weighted by Gasteiger charge is 2.28. The second-order valence-electron chi connectivity index (χ2n) is 4.23. The molecule has 2 aromatic carbocycles. The molecule has 2 N–H and O–H groups in total. The topological polar surface area (TPSA) is 83.5 Å². The van der Waals surface area contributed by atoms with Gasteiger partial charge in [0, 0.05) is 5.02 Å². The lowest BCUT2D eigenvalue weighted by Gasteiger charge is -2.16. The third-order valence-electron chi connectivity index (χ3n) is 2.79. The van der Waals surface area contributed by atoms with Crippen LogP contribution in [-0.4, -0.2) is 19.5 Å². The van der Waals surface area contributed by atoms with E-state index in [4.69, 9.17) is 11.6 Å². The molecule has 0 saturated carbocycles. The molecule has 0 aliphatic carbocycles. The van der Waals surface area contributed by atoms with Gasteiger partial charge in [-0.1, -0.05) is 48.0 Å². The summed E-state index contributed by atoms with van der Waals surface area (Å²) >= 11 is 5.94. The molecule has 0 fully saturated rings. The van der Waals surface area contributed by atoms with Crippen molar-refractivity contribution in [3.05, 3.63) is 65.2 Å². The maximum absolute atomic E-state index is 12.2. The maximum Gasteiger partial charge on any atom is 0.326 e. The molecule has 5 nitrogen and oxygen atoms in total. The molecule has 0 aliphatic rings. The van der Waals surface area contributed by atoms with Crippen LogP contribution in [0.4, 0.5) is 0 Å². The average molecular weight is 326 g/mol. The fourth-order valence-corrected chi connectivity index (χ4v) is 3.21. The Morgan fingerprint density at radius 3 is 2.19 bits per heavy atom. The second kappa shape index (κ2) is 6.26. The van der Waals surface area contributed by atoms with E-state index in [1.165, 1.54) is 24.3 Å². The number of sulfonamides is 1. The van der Waals surface area contributed by atoms with Crippen molar-refractivity contribution in [3.8, 4) is 0 Å². The molecule has 0 saturated heterocycles. The summed E-state index contributed by atoms with van der Waals surface area (Å²) in [7, 11) is -3.96. The van der Waals surface area contributed by atoms with Crippen molar-refractivity contribution in [2.24, 2.45) is 0 Å². The summed E-state index contributed by atoms with van der Waals surface area (Å²) < 4.78 is 26.6. The molecule has 110 valence electrons. The molecule has 0 spiro atoms. The number of rotatable bonds is 5. The normalized spacial score (nSPS) is 12.8. The van der Waals surface area contributed by atoms with Crippen LogP contribution in [0.5, 0.6) is 0 Å². The number of halogens is 1. The highest BCUT2D eigenvalue weighted by molar-refractivity contribution is 7.89. The zero-order valence-electron chi connectivity index (χ0n) is 10.7. The van der Waals surface area contributed by atoms with E-state index in [1.54, 1.807) is 30.3 Å². The summed E-state index contributed by atoms with van der Waals surface area (Å²) in [5.74, 6) is -1.33. The van der Waals surface area contributed by atoms with Crippen LogP contribution in [0, 0.1) is 0 Å². The highest BCUT2D eigenvalue weighted by atomic mass is 35.5. The maximum atomic E-state index is 12.2. The molecule has 21 heavy (non-hydrogen) atoms. The summed E-state index contributed by atoms with van der Waals surface area (Å²) in [6.45, 7) is 0. The Morgan fingerprint density at radius 1 is 1.05 bits per heavy atom. The fraction of sp³-hybridized carbons (Fsp3) is 0.0714. The minimum absolute atomic E-state index is 0.0108. The van der Waals surface area contributed by atoms with Crippen LogP contribution in [0.2, 0.25) is 5.02 Å². The van der Waals surface area contributed by atoms with Gasteiger partial charge in [-0.15, -0.1) is 0 Å². The minimum Gasteiger partial charge on any atom is -0.480 e. The molecule has 2 rings (SSSR count). The van der Waals surface area contributed by atoms with Crippen molar-refractivity contribution in [3.63, 3.8) is 0 Å². The Balaban J connectivity index is 2.38. The van der Waals surface area contributed by atoms with Crippen LogP contribution in [0.25, 0.3) is 0 Å². The largest absolute Gasteiger partial charge is 0.480 e. The SMILES string of the molecule is O=C(O)[C@H](NS(=O)(=O)c1ccccc1)c1ccccc1Cl. The highest BCUT2D eigenvalue weighted by Crippen LogP contribution is 2.24. The number of carbonyl (C=O) groups is 1. The van der Waals surface area contributed by atoms with Gasteiger partial charge in [-0.3, -0.25) is 4.79 Å². The van der Waals surface area contributed by atoms with E-state index in [0.717, 1.165) is 0 Å². The summed E-state index contributed by atoms with van der Waals surface area (Å²) in [5.41, 5.74) is 0.186. The molecule has 0 aromatic heterocycles. The molecule has 0 amide bonds.